The zero-order valence-electron chi connectivity index (χ0n) is 8.11. The molecule has 0 unspecified atom stereocenters. The summed E-state index contributed by atoms with van der Waals surface area (Å²) in [5, 5.41) is 0. The van der Waals surface area contributed by atoms with E-state index in [1.807, 2.05) is 6.92 Å². The first-order valence-electron chi connectivity index (χ1n) is 4.37. The number of hydrogen-bond acceptors (Lipinski definition) is 4. The molecule has 0 spiro atoms. The maximum atomic E-state index is 13.4. The molecule has 2 aromatic heterocycles. The van der Waals surface area contributed by atoms with E-state index in [2.05, 4.69) is 15.0 Å². The van der Waals surface area contributed by atoms with Crippen LogP contribution in [0.2, 0.25) is 0 Å². The predicted octanol–water partition coefficient (Wildman–Crippen LogP) is 1.57. The fourth-order valence-corrected chi connectivity index (χ4v) is 1.31. The molecule has 0 fully saturated rings. The number of nitrogens with zero attached hydrogens (tertiary/aromatic N) is 3. The first-order chi connectivity index (χ1) is 7.18. The van der Waals surface area contributed by atoms with Crippen molar-refractivity contribution in [2.45, 2.75) is 6.92 Å². The summed E-state index contributed by atoms with van der Waals surface area (Å²) in [7, 11) is 0. The van der Waals surface area contributed by atoms with E-state index in [0.717, 1.165) is 11.8 Å². The lowest BCUT2D eigenvalue weighted by molar-refractivity contribution is 0.619. The highest BCUT2D eigenvalue weighted by Gasteiger charge is 2.10. The molecule has 0 bridgehead atoms. The fraction of sp³-hybridized carbons (Fsp3) is 0.100. The van der Waals surface area contributed by atoms with E-state index in [-0.39, 0.29) is 11.6 Å². The van der Waals surface area contributed by atoms with Gasteiger partial charge in [0.1, 0.15) is 5.69 Å². The van der Waals surface area contributed by atoms with Crippen molar-refractivity contribution in [3.8, 4) is 11.3 Å². The Bertz CT molecular complexity index is 499. The third kappa shape index (κ3) is 1.76. The maximum absolute atomic E-state index is 13.4. The van der Waals surface area contributed by atoms with E-state index in [4.69, 9.17) is 5.73 Å². The van der Waals surface area contributed by atoms with Crippen molar-refractivity contribution in [3.63, 3.8) is 0 Å². The van der Waals surface area contributed by atoms with Gasteiger partial charge in [-0.15, -0.1) is 0 Å². The topological polar surface area (TPSA) is 64.7 Å². The van der Waals surface area contributed by atoms with E-state index in [1.54, 1.807) is 18.5 Å². The summed E-state index contributed by atoms with van der Waals surface area (Å²) >= 11 is 0. The Labute approximate surface area is 86.0 Å². The third-order valence-electron chi connectivity index (χ3n) is 2.04. The summed E-state index contributed by atoms with van der Waals surface area (Å²) < 4.78 is 13.4. The van der Waals surface area contributed by atoms with Crippen LogP contribution in [0.5, 0.6) is 0 Å². The molecule has 0 aliphatic heterocycles. The highest BCUT2D eigenvalue weighted by molar-refractivity contribution is 5.63. The van der Waals surface area contributed by atoms with Crippen LogP contribution >= 0.6 is 0 Å². The molecule has 0 saturated carbocycles. The highest BCUT2D eigenvalue weighted by Crippen LogP contribution is 2.22. The summed E-state index contributed by atoms with van der Waals surface area (Å²) in [6, 6.07) is 1.69. The Kier molecular flexibility index (Phi) is 2.29. The first kappa shape index (κ1) is 9.51. The number of nitrogens with two attached hydrogens (primary N) is 1. The smallest absolute Gasteiger partial charge is 0.220 e. The Hall–Kier alpha value is -2.04. The van der Waals surface area contributed by atoms with Gasteiger partial charge in [-0.3, -0.25) is 4.98 Å². The van der Waals surface area contributed by atoms with Crippen LogP contribution in [0.15, 0.2) is 24.7 Å². The molecular formula is C10H9FN4. The lowest BCUT2D eigenvalue weighted by Gasteiger charge is -2.05. The molecule has 76 valence electrons. The molecule has 0 aromatic carbocycles. The average molecular weight is 204 g/mol. The minimum Gasteiger partial charge on any atom is -0.368 e. The number of anilines is 1. The number of halogens is 1. The van der Waals surface area contributed by atoms with Crippen molar-refractivity contribution in [1.29, 1.82) is 0 Å². The van der Waals surface area contributed by atoms with Crippen LogP contribution in [0.25, 0.3) is 11.3 Å². The number of pyridine rings is 1. The maximum Gasteiger partial charge on any atom is 0.220 e. The minimum absolute atomic E-state index is 0.0580. The van der Waals surface area contributed by atoms with Crippen LogP contribution in [0.3, 0.4) is 0 Å². The van der Waals surface area contributed by atoms with E-state index in [0.29, 0.717) is 5.56 Å². The molecule has 2 aromatic rings. The quantitative estimate of drug-likeness (QED) is 0.765. The summed E-state index contributed by atoms with van der Waals surface area (Å²) in [5.41, 5.74) is 7.14. The molecule has 0 atom stereocenters. The van der Waals surface area contributed by atoms with Crippen molar-refractivity contribution in [1.82, 2.24) is 15.0 Å². The monoisotopic (exact) mass is 204 g/mol. The van der Waals surface area contributed by atoms with Gasteiger partial charge in [0, 0.05) is 18.0 Å². The number of rotatable bonds is 1. The Morgan fingerprint density at radius 3 is 2.87 bits per heavy atom. The summed E-state index contributed by atoms with van der Waals surface area (Å²) in [6.45, 7) is 1.83. The Morgan fingerprint density at radius 2 is 2.13 bits per heavy atom. The number of aromatic nitrogens is 3. The average Bonchev–Trinajstić information content (AvgIpc) is 2.23. The second-order valence-electron chi connectivity index (χ2n) is 3.12. The van der Waals surface area contributed by atoms with Gasteiger partial charge in [0.2, 0.25) is 5.95 Å². The lowest BCUT2D eigenvalue weighted by atomic mass is 10.1. The summed E-state index contributed by atoms with van der Waals surface area (Å²) in [4.78, 5) is 11.4. The van der Waals surface area contributed by atoms with Crippen LogP contribution in [0, 0.1) is 12.7 Å². The van der Waals surface area contributed by atoms with E-state index >= 15 is 0 Å². The SMILES string of the molecule is Cc1cnccc1-c1nc(N)ncc1F. The van der Waals surface area contributed by atoms with Crippen molar-refractivity contribution in [2.75, 3.05) is 5.73 Å². The molecular weight excluding hydrogens is 195 g/mol. The minimum atomic E-state index is -0.488. The van der Waals surface area contributed by atoms with Crippen LogP contribution in [-0.2, 0) is 0 Å². The van der Waals surface area contributed by atoms with E-state index < -0.39 is 5.82 Å². The van der Waals surface area contributed by atoms with Gasteiger partial charge in [-0.25, -0.2) is 14.4 Å². The van der Waals surface area contributed by atoms with Crippen LogP contribution in [0.4, 0.5) is 10.3 Å². The number of aryl methyl sites for hydroxylation is 1. The highest BCUT2D eigenvalue weighted by atomic mass is 19.1. The predicted molar refractivity (Wildman–Crippen MR) is 54.4 cm³/mol. The third-order valence-corrected chi connectivity index (χ3v) is 2.04. The van der Waals surface area contributed by atoms with Crippen LogP contribution in [0.1, 0.15) is 5.56 Å². The molecule has 2 rings (SSSR count). The Morgan fingerprint density at radius 1 is 1.33 bits per heavy atom. The molecule has 0 radical (unpaired) electrons. The first-order valence-corrected chi connectivity index (χ1v) is 4.37. The molecule has 0 amide bonds. The van der Waals surface area contributed by atoms with Gasteiger partial charge in [0.15, 0.2) is 5.82 Å². The second-order valence-corrected chi connectivity index (χ2v) is 3.12. The summed E-state index contributed by atoms with van der Waals surface area (Å²) in [6.07, 6.45) is 4.30. The van der Waals surface area contributed by atoms with Crippen molar-refractivity contribution in [2.24, 2.45) is 0 Å². The van der Waals surface area contributed by atoms with E-state index in [1.165, 1.54) is 0 Å². The number of hydrogen-bond donors (Lipinski definition) is 1. The van der Waals surface area contributed by atoms with Gasteiger partial charge < -0.3 is 5.73 Å². The zero-order chi connectivity index (χ0) is 10.8. The molecule has 4 nitrogen and oxygen atoms in total. The normalized spacial score (nSPS) is 10.3. The molecule has 5 heteroatoms. The van der Waals surface area contributed by atoms with Crippen molar-refractivity contribution in [3.05, 3.63) is 36.0 Å². The molecule has 2 heterocycles. The fourth-order valence-electron chi connectivity index (χ4n) is 1.31. The zero-order valence-corrected chi connectivity index (χ0v) is 8.11. The molecule has 2 N–H and O–H groups in total. The second kappa shape index (κ2) is 3.61. The molecule has 0 aliphatic rings. The van der Waals surface area contributed by atoms with Crippen molar-refractivity contribution >= 4 is 5.95 Å². The lowest BCUT2D eigenvalue weighted by Crippen LogP contribution is -1.99. The standard InChI is InChI=1S/C10H9FN4/c1-6-4-13-3-2-7(6)9-8(11)5-14-10(12)15-9/h2-5H,1H3,(H2,12,14,15). The number of nitrogen functional groups attached to an aromatic ring is 1. The van der Waals surface area contributed by atoms with Crippen LogP contribution in [-0.4, -0.2) is 15.0 Å². The molecule has 15 heavy (non-hydrogen) atoms. The largest absolute Gasteiger partial charge is 0.368 e. The van der Waals surface area contributed by atoms with Gasteiger partial charge in [-0.2, -0.15) is 0 Å². The summed E-state index contributed by atoms with van der Waals surface area (Å²) in [5.74, 6) is -0.430. The molecule has 0 aliphatic carbocycles. The van der Waals surface area contributed by atoms with Gasteiger partial charge in [0.05, 0.1) is 6.20 Å². The Balaban J connectivity index is 2.64. The van der Waals surface area contributed by atoms with E-state index in [9.17, 15) is 4.39 Å². The van der Waals surface area contributed by atoms with Crippen molar-refractivity contribution < 1.29 is 4.39 Å². The van der Waals surface area contributed by atoms with Gasteiger partial charge >= 0.3 is 0 Å². The van der Waals surface area contributed by atoms with Gasteiger partial charge in [-0.05, 0) is 18.6 Å². The molecule has 0 saturated heterocycles. The van der Waals surface area contributed by atoms with Crippen LogP contribution < -0.4 is 5.73 Å². The van der Waals surface area contributed by atoms with Gasteiger partial charge in [-0.1, -0.05) is 0 Å². The van der Waals surface area contributed by atoms with Gasteiger partial charge in [0.25, 0.3) is 0 Å².